The fraction of sp³-hybridized carbons (Fsp3) is 0.333. The van der Waals surface area contributed by atoms with Crippen LogP contribution < -0.4 is 4.74 Å². The molecule has 0 saturated heterocycles. The molecule has 1 nitrogen and oxygen atoms in total. The van der Waals surface area contributed by atoms with E-state index in [9.17, 15) is 8.78 Å². The maximum absolute atomic E-state index is 11.9. The molecule has 78 valence electrons. The molecule has 0 aliphatic rings. The number of hydrogen-bond donors (Lipinski definition) is 0. The predicted molar refractivity (Wildman–Crippen MR) is 52.5 cm³/mol. The average molecular weight is 241 g/mol. The Bertz CT molecular complexity index is 329. The lowest BCUT2D eigenvalue weighted by molar-refractivity contribution is -0.0498. The number of benzene rings is 1. The Kier molecular flexibility index (Phi) is 3.96. The van der Waals surface area contributed by atoms with Gasteiger partial charge in [0.15, 0.2) is 0 Å². The number of ether oxygens (including phenoxy) is 1. The number of rotatable bonds is 3. The van der Waals surface area contributed by atoms with E-state index in [1.54, 1.807) is 6.07 Å². The monoisotopic (exact) mass is 240 g/mol. The van der Waals surface area contributed by atoms with Gasteiger partial charge in [0, 0.05) is 11.1 Å². The largest absolute Gasteiger partial charge is 0.433 e. The smallest absolute Gasteiger partial charge is 0.387 e. The zero-order valence-corrected chi connectivity index (χ0v) is 8.87. The van der Waals surface area contributed by atoms with Crippen LogP contribution in [0.5, 0.6) is 5.75 Å². The first-order chi connectivity index (χ1) is 6.54. The number of hydrogen-bond acceptors (Lipinski definition) is 1. The van der Waals surface area contributed by atoms with Crippen LogP contribution in [-0.2, 0) is 6.42 Å². The molecule has 1 aromatic rings. The number of alkyl halides is 2. The summed E-state index contributed by atoms with van der Waals surface area (Å²) in [6, 6.07) is 2.90. The Morgan fingerprint density at radius 3 is 2.50 bits per heavy atom. The molecular weight excluding hydrogens is 233 g/mol. The third-order valence-corrected chi connectivity index (χ3v) is 2.32. The van der Waals surface area contributed by atoms with Crippen molar-refractivity contribution < 1.29 is 13.5 Å². The standard InChI is InChI=1S/C9H8Cl2F2O/c1-2-5-3-6(10)4-7(8(5)11)14-9(12)13/h3-4,9H,2H2,1H3. The predicted octanol–water partition coefficient (Wildman–Crippen LogP) is 4.16. The summed E-state index contributed by atoms with van der Waals surface area (Å²) >= 11 is 11.5. The first kappa shape index (κ1) is 11.5. The molecule has 0 unspecified atom stereocenters. The molecule has 5 heteroatoms. The van der Waals surface area contributed by atoms with E-state index < -0.39 is 6.61 Å². The van der Waals surface area contributed by atoms with Gasteiger partial charge in [0.2, 0.25) is 0 Å². The first-order valence-electron chi connectivity index (χ1n) is 3.97. The molecule has 0 atom stereocenters. The maximum Gasteiger partial charge on any atom is 0.387 e. The minimum absolute atomic E-state index is 0.0778. The quantitative estimate of drug-likeness (QED) is 0.772. The summed E-state index contributed by atoms with van der Waals surface area (Å²) in [6.07, 6.45) is 0.610. The molecule has 0 saturated carbocycles. The van der Waals surface area contributed by atoms with Gasteiger partial charge in [-0.05, 0) is 18.1 Å². The van der Waals surface area contributed by atoms with Crippen LogP contribution in [0, 0.1) is 0 Å². The van der Waals surface area contributed by atoms with Crippen molar-refractivity contribution in [3.8, 4) is 5.75 Å². The first-order valence-corrected chi connectivity index (χ1v) is 4.73. The fourth-order valence-electron chi connectivity index (χ4n) is 1.06. The van der Waals surface area contributed by atoms with Crippen molar-refractivity contribution in [2.75, 3.05) is 0 Å². The highest BCUT2D eigenvalue weighted by Gasteiger charge is 2.12. The summed E-state index contributed by atoms with van der Waals surface area (Å²) < 4.78 is 28.1. The zero-order chi connectivity index (χ0) is 10.7. The molecule has 0 N–H and O–H groups in total. The van der Waals surface area contributed by atoms with E-state index in [2.05, 4.69) is 4.74 Å². The Labute approximate surface area is 90.6 Å². The van der Waals surface area contributed by atoms with E-state index in [-0.39, 0.29) is 10.8 Å². The SMILES string of the molecule is CCc1cc(Cl)cc(OC(F)F)c1Cl. The highest BCUT2D eigenvalue weighted by Crippen LogP contribution is 2.33. The third-order valence-electron chi connectivity index (χ3n) is 1.68. The van der Waals surface area contributed by atoms with E-state index in [4.69, 9.17) is 23.2 Å². The van der Waals surface area contributed by atoms with Crippen molar-refractivity contribution in [2.45, 2.75) is 20.0 Å². The van der Waals surface area contributed by atoms with Crippen LogP contribution in [0.1, 0.15) is 12.5 Å². The molecule has 0 aliphatic heterocycles. The molecule has 0 fully saturated rings. The molecule has 0 aliphatic carbocycles. The van der Waals surface area contributed by atoms with Gasteiger partial charge in [-0.25, -0.2) is 0 Å². The molecule has 0 aromatic heterocycles. The molecule has 0 amide bonds. The van der Waals surface area contributed by atoms with Crippen LogP contribution in [0.4, 0.5) is 8.78 Å². The summed E-state index contributed by atoms with van der Waals surface area (Å²) in [4.78, 5) is 0. The fourth-order valence-corrected chi connectivity index (χ4v) is 1.58. The minimum Gasteiger partial charge on any atom is -0.433 e. The topological polar surface area (TPSA) is 9.23 Å². The van der Waals surface area contributed by atoms with E-state index in [1.165, 1.54) is 6.07 Å². The van der Waals surface area contributed by atoms with E-state index in [0.29, 0.717) is 17.0 Å². The molecule has 0 spiro atoms. The van der Waals surface area contributed by atoms with Gasteiger partial charge in [-0.3, -0.25) is 0 Å². The van der Waals surface area contributed by atoms with Gasteiger partial charge in [-0.15, -0.1) is 0 Å². The molecule has 14 heavy (non-hydrogen) atoms. The normalized spacial score (nSPS) is 10.7. The van der Waals surface area contributed by atoms with Crippen LogP contribution in [0.2, 0.25) is 10.0 Å². The van der Waals surface area contributed by atoms with Crippen molar-refractivity contribution in [1.82, 2.24) is 0 Å². The van der Waals surface area contributed by atoms with Gasteiger partial charge < -0.3 is 4.74 Å². The Morgan fingerprint density at radius 1 is 1.36 bits per heavy atom. The van der Waals surface area contributed by atoms with Crippen LogP contribution in [0.3, 0.4) is 0 Å². The van der Waals surface area contributed by atoms with Crippen molar-refractivity contribution in [1.29, 1.82) is 0 Å². The Hall–Kier alpha value is -0.540. The summed E-state index contributed by atoms with van der Waals surface area (Å²) in [7, 11) is 0. The van der Waals surface area contributed by atoms with Crippen molar-refractivity contribution >= 4 is 23.2 Å². The van der Waals surface area contributed by atoms with Crippen LogP contribution in [0.15, 0.2) is 12.1 Å². The Morgan fingerprint density at radius 2 is 2.00 bits per heavy atom. The number of halogens is 4. The maximum atomic E-state index is 11.9. The van der Waals surface area contributed by atoms with Gasteiger partial charge in [0.1, 0.15) is 5.75 Å². The van der Waals surface area contributed by atoms with Crippen molar-refractivity contribution in [3.63, 3.8) is 0 Å². The molecule has 1 aromatic carbocycles. The highest BCUT2D eigenvalue weighted by molar-refractivity contribution is 6.34. The number of aryl methyl sites for hydroxylation is 1. The third kappa shape index (κ3) is 2.72. The molecular formula is C9H8Cl2F2O. The van der Waals surface area contributed by atoms with Gasteiger partial charge >= 0.3 is 6.61 Å². The lowest BCUT2D eigenvalue weighted by atomic mass is 10.1. The second-order valence-electron chi connectivity index (χ2n) is 2.61. The summed E-state index contributed by atoms with van der Waals surface area (Å²) in [6.45, 7) is -1.04. The molecule has 0 bridgehead atoms. The highest BCUT2D eigenvalue weighted by atomic mass is 35.5. The van der Waals surface area contributed by atoms with E-state index >= 15 is 0 Å². The zero-order valence-electron chi connectivity index (χ0n) is 7.36. The van der Waals surface area contributed by atoms with Gasteiger partial charge in [-0.2, -0.15) is 8.78 Å². The van der Waals surface area contributed by atoms with Crippen LogP contribution >= 0.6 is 23.2 Å². The molecule has 0 radical (unpaired) electrons. The Balaban J connectivity index is 3.08. The summed E-state index contributed by atoms with van der Waals surface area (Å²) in [5.74, 6) is -0.0778. The van der Waals surface area contributed by atoms with Crippen LogP contribution in [0.25, 0.3) is 0 Å². The van der Waals surface area contributed by atoms with E-state index in [1.807, 2.05) is 6.92 Å². The minimum atomic E-state index is -2.89. The van der Waals surface area contributed by atoms with Crippen molar-refractivity contribution in [3.05, 3.63) is 27.7 Å². The summed E-state index contributed by atoms with van der Waals surface area (Å²) in [5.41, 5.74) is 0.690. The van der Waals surface area contributed by atoms with E-state index in [0.717, 1.165) is 0 Å². The lowest BCUT2D eigenvalue weighted by Gasteiger charge is -2.10. The average Bonchev–Trinajstić information content (AvgIpc) is 2.09. The van der Waals surface area contributed by atoms with Gasteiger partial charge in [0.05, 0.1) is 5.02 Å². The summed E-state index contributed by atoms with van der Waals surface area (Å²) in [5, 5.41) is 0.527. The molecule has 0 heterocycles. The van der Waals surface area contributed by atoms with Crippen LogP contribution in [-0.4, -0.2) is 6.61 Å². The second-order valence-corrected chi connectivity index (χ2v) is 3.42. The van der Waals surface area contributed by atoms with Gasteiger partial charge in [0.25, 0.3) is 0 Å². The molecule has 1 rings (SSSR count). The van der Waals surface area contributed by atoms with Crippen molar-refractivity contribution in [2.24, 2.45) is 0 Å². The van der Waals surface area contributed by atoms with Gasteiger partial charge in [-0.1, -0.05) is 30.1 Å². The second kappa shape index (κ2) is 4.80. The lowest BCUT2D eigenvalue weighted by Crippen LogP contribution is -2.03.